The summed E-state index contributed by atoms with van der Waals surface area (Å²) in [6.07, 6.45) is 2.14. The first kappa shape index (κ1) is 16.7. The largest absolute Gasteiger partial charge is 0.341 e. The number of hydrogen-bond acceptors (Lipinski definition) is 3. The van der Waals surface area contributed by atoms with Gasteiger partial charge in [-0.05, 0) is 39.7 Å². The molecule has 3 heterocycles. The number of rotatable bonds is 3. The number of alkyl halides is 2. The van der Waals surface area contributed by atoms with E-state index in [4.69, 9.17) is 0 Å². The fourth-order valence-electron chi connectivity index (χ4n) is 4.95. The minimum atomic E-state index is -2.54. The van der Waals surface area contributed by atoms with Crippen molar-refractivity contribution in [3.05, 3.63) is 0 Å². The summed E-state index contributed by atoms with van der Waals surface area (Å²) >= 11 is 0. The highest BCUT2D eigenvalue weighted by molar-refractivity contribution is 5.81. The molecule has 0 N–H and O–H groups in total. The van der Waals surface area contributed by atoms with E-state index in [1.807, 2.05) is 9.80 Å². The number of amides is 1. The van der Waals surface area contributed by atoms with E-state index in [0.29, 0.717) is 17.9 Å². The normalized spacial score (nSPS) is 35.5. The van der Waals surface area contributed by atoms with Crippen molar-refractivity contribution in [2.75, 3.05) is 39.3 Å². The number of carbonyl (C=O) groups is 1. The molecule has 0 atom stereocenters. The van der Waals surface area contributed by atoms with E-state index >= 15 is 0 Å². The highest BCUT2D eigenvalue weighted by Gasteiger charge is 2.55. The third-order valence-corrected chi connectivity index (χ3v) is 6.57. The predicted octanol–water partition coefficient (Wildman–Crippen LogP) is 2.05. The molecule has 0 aromatic rings. The van der Waals surface area contributed by atoms with Crippen LogP contribution in [0.15, 0.2) is 0 Å². The molecule has 4 fully saturated rings. The molecule has 1 saturated carbocycles. The molecule has 6 heteroatoms. The van der Waals surface area contributed by atoms with E-state index in [-0.39, 0.29) is 30.8 Å². The summed E-state index contributed by atoms with van der Waals surface area (Å²) in [7, 11) is 0. The minimum Gasteiger partial charge on any atom is -0.341 e. The van der Waals surface area contributed by atoms with Gasteiger partial charge in [0.1, 0.15) is 0 Å². The predicted molar refractivity (Wildman–Crippen MR) is 88.0 cm³/mol. The summed E-state index contributed by atoms with van der Waals surface area (Å²) in [6.45, 7) is 9.11. The number of halogens is 2. The van der Waals surface area contributed by atoms with Gasteiger partial charge in [-0.2, -0.15) is 0 Å². The van der Waals surface area contributed by atoms with Gasteiger partial charge >= 0.3 is 0 Å². The molecule has 4 nitrogen and oxygen atoms in total. The molecule has 4 aliphatic rings. The number of nitrogens with zero attached hydrogens (tertiary/aromatic N) is 3. The molecule has 136 valence electrons. The van der Waals surface area contributed by atoms with E-state index in [9.17, 15) is 13.6 Å². The van der Waals surface area contributed by atoms with Gasteiger partial charge in [0, 0.05) is 56.0 Å². The van der Waals surface area contributed by atoms with Crippen molar-refractivity contribution in [2.24, 2.45) is 11.3 Å². The zero-order chi connectivity index (χ0) is 17.1. The van der Waals surface area contributed by atoms with Crippen molar-refractivity contribution in [1.82, 2.24) is 14.7 Å². The fourth-order valence-corrected chi connectivity index (χ4v) is 4.95. The molecular weight excluding hydrogens is 312 g/mol. The van der Waals surface area contributed by atoms with Gasteiger partial charge in [-0.1, -0.05) is 0 Å². The Balaban J connectivity index is 1.21. The summed E-state index contributed by atoms with van der Waals surface area (Å²) in [6, 6.07) is 0.788. The monoisotopic (exact) mass is 341 g/mol. The molecular formula is C18H29F2N3O. The Labute approximate surface area is 143 Å². The molecule has 1 amide bonds. The van der Waals surface area contributed by atoms with Crippen LogP contribution in [0.1, 0.15) is 39.5 Å². The van der Waals surface area contributed by atoms with E-state index in [1.165, 1.54) is 0 Å². The topological polar surface area (TPSA) is 26.8 Å². The average molecular weight is 341 g/mol. The van der Waals surface area contributed by atoms with Gasteiger partial charge in [0.2, 0.25) is 5.91 Å². The van der Waals surface area contributed by atoms with Gasteiger partial charge in [0.25, 0.3) is 5.92 Å². The van der Waals surface area contributed by atoms with Gasteiger partial charge in [0.05, 0.1) is 6.54 Å². The van der Waals surface area contributed by atoms with Crippen LogP contribution in [0.5, 0.6) is 0 Å². The number of piperidine rings is 1. The Morgan fingerprint density at radius 2 is 1.75 bits per heavy atom. The lowest BCUT2D eigenvalue weighted by Gasteiger charge is -2.62. The van der Waals surface area contributed by atoms with Crippen molar-refractivity contribution in [1.29, 1.82) is 0 Å². The molecule has 3 aliphatic heterocycles. The Hall–Kier alpha value is -0.750. The minimum absolute atomic E-state index is 0.0157. The maximum atomic E-state index is 13.5. The lowest BCUT2D eigenvalue weighted by molar-refractivity contribution is -0.171. The van der Waals surface area contributed by atoms with Gasteiger partial charge in [-0.15, -0.1) is 0 Å². The Kier molecular flexibility index (Phi) is 3.92. The van der Waals surface area contributed by atoms with Crippen LogP contribution in [0.2, 0.25) is 0 Å². The zero-order valence-electron chi connectivity index (χ0n) is 14.8. The van der Waals surface area contributed by atoms with Crippen LogP contribution in [0.3, 0.4) is 0 Å². The van der Waals surface area contributed by atoms with Gasteiger partial charge in [-0.3, -0.25) is 14.6 Å². The van der Waals surface area contributed by atoms with Crippen molar-refractivity contribution >= 4 is 5.91 Å². The van der Waals surface area contributed by atoms with Crippen molar-refractivity contribution in [3.63, 3.8) is 0 Å². The Morgan fingerprint density at radius 1 is 1.08 bits per heavy atom. The van der Waals surface area contributed by atoms with E-state index in [1.54, 1.807) is 0 Å². The standard InChI is InChI=1S/C18H29F2N3O/c1-13(2)22-8-17(9-22)10-23(11-17)16(24)14-6-15(7-14)21-5-3-4-18(19,20)12-21/h13-15H,3-12H2,1-2H3. The van der Waals surface area contributed by atoms with E-state index in [0.717, 1.165) is 45.6 Å². The maximum Gasteiger partial charge on any atom is 0.260 e. The smallest absolute Gasteiger partial charge is 0.260 e. The van der Waals surface area contributed by atoms with E-state index in [2.05, 4.69) is 18.7 Å². The van der Waals surface area contributed by atoms with Gasteiger partial charge in [-0.25, -0.2) is 8.78 Å². The highest BCUT2D eigenvalue weighted by atomic mass is 19.3. The van der Waals surface area contributed by atoms with Crippen molar-refractivity contribution in [3.8, 4) is 0 Å². The molecule has 0 unspecified atom stereocenters. The molecule has 0 bridgehead atoms. The van der Waals surface area contributed by atoms with Crippen LogP contribution >= 0.6 is 0 Å². The molecule has 3 saturated heterocycles. The van der Waals surface area contributed by atoms with Crippen molar-refractivity contribution < 1.29 is 13.6 Å². The first-order valence-corrected chi connectivity index (χ1v) is 9.42. The SMILES string of the molecule is CC(C)N1CC2(CN(C(=O)C3CC(N4CCCC(F)(F)C4)C3)C2)C1. The summed E-state index contributed by atoms with van der Waals surface area (Å²) < 4.78 is 27.0. The molecule has 4 rings (SSSR count). The fraction of sp³-hybridized carbons (Fsp3) is 0.944. The summed E-state index contributed by atoms with van der Waals surface area (Å²) in [5.74, 6) is -2.20. The van der Waals surface area contributed by atoms with Crippen LogP contribution < -0.4 is 0 Å². The van der Waals surface area contributed by atoms with Crippen LogP contribution in [0.4, 0.5) is 8.78 Å². The maximum absolute atomic E-state index is 13.5. The summed E-state index contributed by atoms with van der Waals surface area (Å²) in [4.78, 5) is 18.9. The van der Waals surface area contributed by atoms with Crippen LogP contribution in [-0.2, 0) is 4.79 Å². The molecule has 0 aromatic heterocycles. The van der Waals surface area contributed by atoms with Crippen LogP contribution in [0, 0.1) is 11.3 Å². The van der Waals surface area contributed by atoms with Crippen LogP contribution in [-0.4, -0.2) is 77.9 Å². The number of hydrogen-bond donors (Lipinski definition) is 0. The second-order valence-corrected chi connectivity index (χ2v) is 8.95. The first-order chi connectivity index (χ1) is 11.3. The van der Waals surface area contributed by atoms with E-state index < -0.39 is 5.92 Å². The third kappa shape index (κ3) is 2.85. The van der Waals surface area contributed by atoms with Gasteiger partial charge < -0.3 is 4.90 Å². The molecule has 0 aromatic carbocycles. The molecule has 1 aliphatic carbocycles. The lowest BCUT2D eigenvalue weighted by atomic mass is 9.70. The number of carbonyl (C=O) groups excluding carboxylic acids is 1. The second-order valence-electron chi connectivity index (χ2n) is 8.95. The molecule has 24 heavy (non-hydrogen) atoms. The molecule has 1 spiro atoms. The Morgan fingerprint density at radius 3 is 2.33 bits per heavy atom. The highest BCUT2D eigenvalue weighted by Crippen LogP contribution is 2.43. The molecule has 0 radical (unpaired) electrons. The quantitative estimate of drug-likeness (QED) is 0.786. The second kappa shape index (κ2) is 5.63. The van der Waals surface area contributed by atoms with Crippen LogP contribution in [0.25, 0.3) is 0 Å². The first-order valence-electron chi connectivity index (χ1n) is 9.42. The van der Waals surface area contributed by atoms with Gasteiger partial charge in [0.15, 0.2) is 0 Å². The summed E-state index contributed by atoms with van der Waals surface area (Å²) in [5.41, 5.74) is 0.359. The number of likely N-dealkylation sites (tertiary alicyclic amines) is 3. The third-order valence-electron chi connectivity index (χ3n) is 6.57. The average Bonchev–Trinajstić information content (AvgIpc) is 2.31. The lowest BCUT2D eigenvalue weighted by Crippen LogP contribution is -2.74. The Bertz CT molecular complexity index is 504. The summed E-state index contributed by atoms with van der Waals surface area (Å²) in [5, 5.41) is 0. The zero-order valence-corrected chi connectivity index (χ0v) is 14.8. The van der Waals surface area contributed by atoms with Crippen molar-refractivity contribution in [2.45, 2.75) is 57.5 Å².